The third kappa shape index (κ3) is 2.29. The second-order valence-corrected chi connectivity index (χ2v) is 5.83. The molecule has 0 amide bonds. The molecule has 0 saturated heterocycles. The Morgan fingerprint density at radius 1 is 1.07 bits per heavy atom. The summed E-state index contributed by atoms with van der Waals surface area (Å²) < 4.78 is 0. The van der Waals surface area contributed by atoms with E-state index in [2.05, 4.69) is 12.2 Å². The fourth-order valence-corrected chi connectivity index (χ4v) is 2.60. The van der Waals surface area contributed by atoms with E-state index in [0.29, 0.717) is 10.8 Å². The number of hydrogen-bond acceptors (Lipinski definition) is 2. The van der Waals surface area contributed by atoms with Gasteiger partial charge in [0.2, 0.25) is 0 Å². The van der Waals surface area contributed by atoms with Crippen LogP contribution in [0.25, 0.3) is 0 Å². The Morgan fingerprint density at radius 3 is 2.21 bits per heavy atom. The Kier molecular flexibility index (Phi) is 2.85. The van der Waals surface area contributed by atoms with Crippen LogP contribution in [-0.4, -0.2) is 19.6 Å². The molecule has 2 aliphatic carbocycles. The molecule has 2 heteroatoms. The highest BCUT2D eigenvalue weighted by molar-refractivity contribution is 4.93. The molecule has 2 aliphatic rings. The number of hydrogen-bond donors (Lipinski definition) is 2. The monoisotopic (exact) mass is 196 g/mol. The van der Waals surface area contributed by atoms with Crippen molar-refractivity contribution in [1.29, 1.82) is 0 Å². The zero-order valence-corrected chi connectivity index (χ0v) is 9.44. The van der Waals surface area contributed by atoms with Crippen LogP contribution in [0.2, 0.25) is 0 Å². The lowest BCUT2D eigenvalue weighted by atomic mass is 9.86. The molecule has 0 aromatic heterocycles. The molecule has 2 saturated carbocycles. The van der Waals surface area contributed by atoms with Gasteiger partial charge in [-0.3, -0.25) is 0 Å². The minimum absolute atomic E-state index is 0.450. The highest BCUT2D eigenvalue weighted by Crippen LogP contribution is 2.44. The summed E-state index contributed by atoms with van der Waals surface area (Å²) in [6, 6.07) is 0. The van der Waals surface area contributed by atoms with Gasteiger partial charge in [0.25, 0.3) is 0 Å². The number of rotatable bonds is 5. The Bertz CT molecular complexity index is 190. The van der Waals surface area contributed by atoms with Crippen LogP contribution in [0.1, 0.15) is 45.4 Å². The van der Waals surface area contributed by atoms with Crippen molar-refractivity contribution >= 4 is 0 Å². The van der Waals surface area contributed by atoms with Crippen molar-refractivity contribution < 1.29 is 0 Å². The molecular formula is C12H24N2. The lowest BCUT2D eigenvalue weighted by Crippen LogP contribution is -2.39. The van der Waals surface area contributed by atoms with Crippen LogP contribution < -0.4 is 11.1 Å². The first-order chi connectivity index (χ1) is 6.68. The topological polar surface area (TPSA) is 38.0 Å². The number of nitrogens with one attached hydrogen (secondary N) is 1. The first-order valence-electron chi connectivity index (χ1n) is 6.09. The van der Waals surface area contributed by atoms with Crippen molar-refractivity contribution in [1.82, 2.24) is 5.32 Å². The molecule has 2 rings (SSSR count). The average Bonchev–Trinajstić information content (AvgIpc) is 2.75. The molecule has 82 valence electrons. The molecular weight excluding hydrogens is 172 g/mol. The zero-order chi connectivity index (χ0) is 10.1. The molecule has 0 unspecified atom stereocenters. The summed E-state index contributed by atoms with van der Waals surface area (Å²) in [6.45, 7) is 5.61. The second-order valence-electron chi connectivity index (χ2n) is 5.83. The van der Waals surface area contributed by atoms with Gasteiger partial charge in [0.15, 0.2) is 0 Å². The molecule has 0 heterocycles. The molecule has 2 nitrogen and oxygen atoms in total. The molecule has 0 aliphatic heterocycles. The smallest absolute Gasteiger partial charge is 0.00201 e. The molecule has 3 N–H and O–H groups in total. The summed E-state index contributed by atoms with van der Waals surface area (Å²) in [5.74, 6) is 0. The summed E-state index contributed by atoms with van der Waals surface area (Å²) >= 11 is 0. The third-order valence-corrected chi connectivity index (χ3v) is 4.25. The largest absolute Gasteiger partial charge is 0.330 e. The lowest BCUT2D eigenvalue weighted by Gasteiger charge is -2.28. The SMILES string of the molecule is CC1(CNCC2(CN)CCCC2)CC1. The lowest BCUT2D eigenvalue weighted by molar-refractivity contribution is 0.282. The Morgan fingerprint density at radius 2 is 1.71 bits per heavy atom. The highest BCUT2D eigenvalue weighted by Gasteiger charge is 2.38. The van der Waals surface area contributed by atoms with Gasteiger partial charge in [-0.05, 0) is 43.1 Å². The van der Waals surface area contributed by atoms with Gasteiger partial charge in [0.05, 0.1) is 0 Å². The van der Waals surface area contributed by atoms with Crippen LogP contribution in [0.15, 0.2) is 0 Å². The summed E-state index contributed by atoms with van der Waals surface area (Å²) in [5, 5.41) is 3.64. The van der Waals surface area contributed by atoms with Gasteiger partial charge < -0.3 is 11.1 Å². The van der Waals surface area contributed by atoms with Crippen molar-refractivity contribution in [2.75, 3.05) is 19.6 Å². The molecule has 0 radical (unpaired) electrons. The summed E-state index contributed by atoms with van der Waals surface area (Å²) in [7, 11) is 0. The van der Waals surface area contributed by atoms with Crippen LogP contribution in [0.3, 0.4) is 0 Å². The van der Waals surface area contributed by atoms with Crippen LogP contribution in [0.4, 0.5) is 0 Å². The standard InChI is InChI=1S/C12H24N2/c1-11(6-7-11)9-14-10-12(8-13)4-2-3-5-12/h14H,2-10,13H2,1H3. The average molecular weight is 196 g/mol. The maximum Gasteiger partial charge on any atom is 0.00201 e. The summed E-state index contributed by atoms with van der Waals surface area (Å²) in [6.07, 6.45) is 8.28. The minimum atomic E-state index is 0.450. The van der Waals surface area contributed by atoms with E-state index in [-0.39, 0.29) is 0 Å². The van der Waals surface area contributed by atoms with Gasteiger partial charge in [0, 0.05) is 13.1 Å². The minimum Gasteiger partial charge on any atom is -0.330 e. The van der Waals surface area contributed by atoms with Gasteiger partial charge in [-0.2, -0.15) is 0 Å². The fraction of sp³-hybridized carbons (Fsp3) is 1.00. The van der Waals surface area contributed by atoms with E-state index in [4.69, 9.17) is 5.73 Å². The van der Waals surface area contributed by atoms with Gasteiger partial charge >= 0.3 is 0 Å². The fourth-order valence-electron chi connectivity index (χ4n) is 2.60. The maximum absolute atomic E-state index is 5.89. The Labute approximate surface area is 87.6 Å². The zero-order valence-electron chi connectivity index (χ0n) is 9.44. The van der Waals surface area contributed by atoms with E-state index in [9.17, 15) is 0 Å². The van der Waals surface area contributed by atoms with Crippen LogP contribution in [0.5, 0.6) is 0 Å². The van der Waals surface area contributed by atoms with Crippen molar-refractivity contribution in [2.45, 2.75) is 45.4 Å². The molecule has 0 atom stereocenters. The second kappa shape index (κ2) is 3.82. The molecule has 0 aromatic rings. The molecule has 14 heavy (non-hydrogen) atoms. The maximum atomic E-state index is 5.89. The predicted octanol–water partition coefficient (Wildman–Crippen LogP) is 1.90. The van der Waals surface area contributed by atoms with E-state index < -0.39 is 0 Å². The molecule has 0 aromatic carbocycles. The molecule has 2 fully saturated rings. The first-order valence-corrected chi connectivity index (χ1v) is 6.09. The quantitative estimate of drug-likeness (QED) is 0.705. The van der Waals surface area contributed by atoms with E-state index in [0.717, 1.165) is 13.1 Å². The Balaban J connectivity index is 1.72. The highest BCUT2D eigenvalue weighted by atomic mass is 14.9. The van der Waals surface area contributed by atoms with E-state index in [1.54, 1.807) is 0 Å². The normalized spacial score (nSPS) is 27.9. The van der Waals surface area contributed by atoms with Crippen molar-refractivity contribution in [2.24, 2.45) is 16.6 Å². The van der Waals surface area contributed by atoms with E-state index in [1.165, 1.54) is 45.1 Å². The van der Waals surface area contributed by atoms with Gasteiger partial charge in [-0.25, -0.2) is 0 Å². The van der Waals surface area contributed by atoms with Gasteiger partial charge in [-0.1, -0.05) is 19.8 Å². The van der Waals surface area contributed by atoms with Crippen molar-refractivity contribution in [3.8, 4) is 0 Å². The van der Waals surface area contributed by atoms with Crippen LogP contribution in [0, 0.1) is 10.8 Å². The van der Waals surface area contributed by atoms with Crippen molar-refractivity contribution in [3.63, 3.8) is 0 Å². The van der Waals surface area contributed by atoms with Gasteiger partial charge in [-0.15, -0.1) is 0 Å². The van der Waals surface area contributed by atoms with Gasteiger partial charge in [0.1, 0.15) is 0 Å². The summed E-state index contributed by atoms with van der Waals surface area (Å²) in [4.78, 5) is 0. The predicted molar refractivity (Wildman–Crippen MR) is 60.2 cm³/mol. The Hall–Kier alpha value is -0.0800. The molecule has 0 bridgehead atoms. The van der Waals surface area contributed by atoms with Crippen LogP contribution >= 0.6 is 0 Å². The van der Waals surface area contributed by atoms with Crippen molar-refractivity contribution in [3.05, 3.63) is 0 Å². The van der Waals surface area contributed by atoms with E-state index >= 15 is 0 Å². The first kappa shape index (κ1) is 10.4. The molecule has 0 spiro atoms. The van der Waals surface area contributed by atoms with Crippen LogP contribution in [-0.2, 0) is 0 Å². The third-order valence-electron chi connectivity index (χ3n) is 4.25. The number of nitrogens with two attached hydrogens (primary N) is 1. The van der Waals surface area contributed by atoms with E-state index in [1.807, 2.05) is 0 Å². The summed E-state index contributed by atoms with van der Waals surface area (Å²) in [5.41, 5.74) is 6.98.